The third kappa shape index (κ3) is 32.6. The van der Waals surface area contributed by atoms with E-state index in [4.69, 9.17) is 19.7 Å². The van der Waals surface area contributed by atoms with Gasteiger partial charge >= 0.3 is 124 Å². The summed E-state index contributed by atoms with van der Waals surface area (Å²) in [7, 11) is 0. The Morgan fingerprint density at radius 1 is 0.854 bits per heavy atom. The second-order valence-electron chi connectivity index (χ2n) is 9.25. The summed E-state index contributed by atoms with van der Waals surface area (Å²) in [5.41, 5.74) is 0. The first kappa shape index (κ1) is 58.3. The number of carbonyl (C=O) groups excluding carboxylic acids is 9. The molecule has 0 aliphatic carbocycles. The van der Waals surface area contributed by atoms with Gasteiger partial charge in [-0.3, -0.25) is 19.2 Å². The topological polar surface area (TPSA) is 280 Å². The van der Waals surface area contributed by atoms with Crippen molar-refractivity contribution in [3.05, 3.63) is 25.0 Å². The zero-order valence-electron chi connectivity index (χ0n) is 28.8. The molecule has 6 unspecified atom stereocenters. The van der Waals surface area contributed by atoms with Crippen LogP contribution in [-0.2, 0) is 62.1 Å². The van der Waals surface area contributed by atoms with Crippen molar-refractivity contribution in [3.63, 3.8) is 0 Å². The Bertz CT molecular complexity index is 1100. The van der Waals surface area contributed by atoms with E-state index >= 15 is 0 Å². The van der Waals surface area contributed by atoms with Gasteiger partial charge in [0.2, 0.25) is 0 Å². The second kappa shape index (κ2) is 32.3. The van der Waals surface area contributed by atoms with E-state index in [0.29, 0.717) is 6.42 Å². The minimum atomic E-state index is -1.47. The molecule has 20 heteroatoms. The van der Waals surface area contributed by atoms with Gasteiger partial charge in [0.05, 0.1) is 30.3 Å². The number of rotatable bonds is 9. The molecule has 2 aliphatic heterocycles. The van der Waals surface area contributed by atoms with Crippen molar-refractivity contribution >= 4 is 53.7 Å². The number of hydrogen-bond donors (Lipinski definition) is 1. The van der Waals surface area contributed by atoms with Crippen LogP contribution >= 0.6 is 0 Å². The first-order chi connectivity index (χ1) is 20.6. The van der Waals surface area contributed by atoms with E-state index in [-0.39, 0.29) is 107 Å². The van der Waals surface area contributed by atoms with Gasteiger partial charge in [0, 0.05) is 55.7 Å². The standard InChI is InChI=1S/C10H14O5.C8H14O5.C4H2O3.C4H6O2.C2H4O2.3Na/c1-5(14-7(3)11)4-8-6(2)9(12)15-10(8)13;1-4(9)3-6(8(12)13)5(2)7(10)11;5-3-1-2-4(6)7-3;1-3-6-4(2)5;1-2(3)4;;;/h5-6,8H,4H2,1-3H3;4-6,9H,3H2,1-2H3,(H,10,11)(H,12,13);1-2H;3H,1H2,2H3;1H3,(H,3,4);;;/q;;;;;3*+1/p-3. The molecule has 0 spiro atoms. The number of cyclic esters (lactones) is 4. The maximum absolute atomic E-state index is 11.2. The molecule has 0 radical (unpaired) electrons. The first-order valence-corrected chi connectivity index (χ1v) is 13.0. The molecule has 2 heterocycles. The van der Waals surface area contributed by atoms with E-state index in [2.05, 4.69) is 20.8 Å². The van der Waals surface area contributed by atoms with Crippen molar-refractivity contribution in [2.24, 2.45) is 23.7 Å². The number of aliphatic hydroxyl groups excluding tert-OH is 1. The van der Waals surface area contributed by atoms with Crippen LogP contribution in [0, 0.1) is 23.7 Å². The summed E-state index contributed by atoms with van der Waals surface area (Å²) in [6, 6.07) is 0. The molecule has 17 nitrogen and oxygen atoms in total. The van der Waals surface area contributed by atoms with Gasteiger partial charge in [0.15, 0.2) is 0 Å². The molecular formula is C28H37Na3O17. The van der Waals surface area contributed by atoms with Crippen LogP contribution in [0.5, 0.6) is 0 Å². The number of aliphatic carboxylic acids is 3. The summed E-state index contributed by atoms with van der Waals surface area (Å²) in [6.07, 6.45) is 2.20. The predicted molar refractivity (Wildman–Crippen MR) is 141 cm³/mol. The van der Waals surface area contributed by atoms with Crippen LogP contribution in [0.4, 0.5) is 0 Å². The number of carbonyl (C=O) groups is 9. The van der Waals surface area contributed by atoms with Gasteiger partial charge in [-0.05, 0) is 33.6 Å². The molecule has 0 aromatic heterocycles. The molecule has 1 saturated heterocycles. The van der Waals surface area contributed by atoms with Crippen molar-refractivity contribution < 1.29 is 171 Å². The minimum Gasteiger partial charge on any atom is -0.550 e. The zero-order chi connectivity index (χ0) is 36.0. The maximum Gasteiger partial charge on any atom is 1.00 e. The van der Waals surface area contributed by atoms with Gasteiger partial charge in [-0.2, -0.15) is 0 Å². The average molecular weight is 715 g/mol. The van der Waals surface area contributed by atoms with E-state index in [1.54, 1.807) is 13.8 Å². The number of carboxylic acid groups (broad SMARTS) is 3. The molecule has 0 aromatic rings. The van der Waals surface area contributed by atoms with E-state index < -0.39 is 77.5 Å². The van der Waals surface area contributed by atoms with E-state index in [1.807, 2.05) is 0 Å². The second-order valence-corrected chi connectivity index (χ2v) is 9.25. The molecular weight excluding hydrogens is 677 g/mol. The van der Waals surface area contributed by atoms with Crippen LogP contribution < -0.4 is 104 Å². The van der Waals surface area contributed by atoms with Crippen LogP contribution in [0.1, 0.15) is 61.3 Å². The Morgan fingerprint density at radius 3 is 1.50 bits per heavy atom. The minimum absolute atomic E-state index is 0. The van der Waals surface area contributed by atoms with Gasteiger partial charge < -0.3 is 53.8 Å². The smallest absolute Gasteiger partial charge is 0.550 e. The molecule has 1 N–H and O–H groups in total. The predicted octanol–water partition coefficient (Wildman–Crippen LogP) is -11.7. The summed E-state index contributed by atoms with van der Waals surface area (Å²) < 4.78 is 17.5. The molecule has 2 aliphatic rings. The van der Waals surface area contributed by atoms with Crippen LogP contribution in [0.3, 0.4) is 0 Å². The molecule has 1 fully saturated rings. The summed E-state index contributed by atoms with van der Waals surface area (Å²) in [5.74, 6) is -10.2. The largest absolute Gasteiger partial charge is 1.00 e. The van der Waals surface area contributed by atoms with Gasteiger partial charge in [-0.15, -0.1) is 0 Å². The van der Waals surface area contributed by atoms with Crippen LogP contribution in [0.15, 0.2) is 25.0 Å². The van der Waals surface area contributed by atoms with Crippen molar-refractivity contribution in [3.8, 4) is 0 Å². The third-order valence-electron chi connectivity index (χ3n) is 5.11. The number of ether oxygens (including phenoxy) is 4. The van der Waals surface area contributed by atoms with Crippen LogP contribution in [-0.4, -0.2) is 71.0 Å². The molecule has 0 bridgehead atoms. The Labute approximate surface area is 344 Å². The number of esters is 6. The van der Waals surface area contributed by atoms with Gasteiger partial charge in [-0.1, -0.05) is 20.4 Å². The quantitative estimate of drug-likeness (QED) is 0.0763. The molecule has 48 heavy (non-hydrogen) atoms. The average Bonchev–Trinajstić information content (AvgIpc) is 3.37. The molecule has 6 atom stereocenters. The maximum atomic E-state index is 11.2. The number of aliphatic hydroxyl groups is 1. The molecule has 0 amide bonds. The number of carboxylic acids is 3. The van der Waals surface area contributed by atoms with Crippen molar-refractivity contribution in [2.75, 3.05) is 0 Å². The van der Waals surface area contributed by atoms with E-state index in [0.717, 1.165) is 25.3 Å². The normalized spacial score (nSPS) is 17.2. The zero-order valence-corrected chi connectivity index (χ0v) is 34.8. The third-order valence-corrected chi connectivity index (χ3v) is 5.11. The number of hydrogen-bond acceptors (Lipinski definition) is 17. The monoisotopic (exact) mass is 714 g/mol. The summed E-state index contributed by atoms with van der Waals surface area (Å²) in [4.78, 5) is 92.2. The Kier molecular flexibility index (Phi) is 39.2. The van der Waals surface area contributed by atoms with Crippen molar-refractivity contribution in [2.45, 2.75) is 73.5 Å². The Balaban J connectivity index is -0.000000121. The van der Waals surface area contributed by atoms with E-state index in [9.17, 15) is 48.6 Å². The molecule has 0 aromatic carbocycles. The Morgan fingerprint density at radius 2 is 1.29 bits per heavy atom. The van der Waals surface area contributed by atoms with Crippen LogP contribution in [0.2, 0.25) is 0 Å². The fourth-order valence-corrected chi connectivity index (χ4v) is 3.08. The first-order valence-electron chi connectivity index (χ1n) is 13.0. The summed E-state index contributed by atoms with van der Waals surface area (Å²) in [5, 5.41) is 38.6. The Hall–Kier alpha value is -1.93. The van der Waals surface area contributed by atoms with Crippen molar-refractivity contribution in [1.29, 1.82) is 0 Å². The van der Waals surface area contributed by atoms with Gasteiger partial charge in [-0.25, -0.2) is 9.59 Å². The van der Waals surface area contributed by atoms with Crippen molar-refractivity contribution in [1.82, 2.24) is 0 Å². The van der Waals surface area contributed by atoms with Crippen LogP contribution in [0.25, 0.3) is 0 Å². The molecule has 2 rings (SSSR count). The molecule has 254 valence electrons. The summed E-state index contributed by atoms with van der Waals surface area (Å²) in [6.45, 7) is 12.7. The molecule has 0 saturated carbocycles. The van der Waals surface area contributed by atoms with E-state index in [1.165, 1.54) is 27.7 Å². The van der Waals surface area contributed by atoms with Gasteiger partial charge in [0.25, 0.3) is 0 Å². The SMILES string of the molecule is C=COC(C)=O.CC(=O)OC(C)CC1C(=O)OC(=O)C1C.CC(=O)[O-].CC(O)CC(C(=O)[O-])C(C)C(=O)[O-].O=C1C=CC(=O)O1.[Na+].[Na+].[Na+]. The fraction of sp³-hybridized carbons (Fsp3) is 0.536. The summed E-state index contributed by atoms with van der Waals surface area (Å²) >= 11 is 0. The van der Waals surface area contributed by atoms with Gasteiger partial charge in [0.1, 0.15) is 0 Å². The fourth-order valence-electron chi connectivity index (χ4n) is 3.08.